The molecule has 100 valence electrons. The molecule has 0 aromatic heterocycles. The van der Waals surface area contributed by atoms with Crippen molar-refractivity contribution in [3.05, 3.63) is 29.8 Å². The van der Waals surface area contributed by atoms with Crippen LogP contribution < -0.4 is 4.90 Å². The molecule has 0 atom stereocenters. The summed E-state index contributed by atoms with van der Waals surface area (Å²) in [5.74, 6) is -2.67. The summed E-state index contributed by atoms with van der Waals surface area (Å²) >= 11 is 0. The van der Waals surface area contributed by atoms with Gasteiger partial charge in [-0.05, 0) is 32.4 Å². The molecule has 0 aliphatic rings. The summed E-state index contributed by atoms with van der Waals surface area (Å²) in [7, 11) is 1.71. The van der Waals surface area contributed by atoms with Gasteiger partial charge in [-0.25, -0.2) is 8.78 Å². The van der Waals surface area contributed by atoms with Crippen LogP contribution in [0.2, 0.25) is 0 Å². The average molecular weight is 257 g/mol. The minimum Gasteiger partial charge on any atom is -0.481 e. The summed E-state index contributed by atoms with van der Waals surface area (Å²) in [4.78, 5) is 12.6. The third-order valence-corrected chi connectivity index (χ3v) is 3.00. The van der Waals surface area contributed by atoms with Crippen LogP contribution in [0.5, 0.6) is 0 Å². The Morgan fingerprint density at radius 2 is 1.94 bits per heavy atom. The highest BCUT2D eigenvalue weighted by atomic mass is 19.2. The van der Waals surface area contributed by atoms with Crippen LogP contribution in [-0.4, -0.2) is 24.7 Å². The van der Waals surface area contributed by atoms with E-state index in [9.17, 15) is 13.6 Å². The molecule has 0 spiro atoms. The van der Waals surface area contributed by atoms with Crippen molar-refractivity contribution >= 4 is 11.7 Å². The lowest BCUT2D eigenvalue weighted by molar-refractivity contribution is -0.147. The van der Waals surface area contributed by atoms with Crippen molar-refractivity contribution in [1.82, 2.24) is 0 Å². The average Bonchev–Trinajstić information content (AvgIpc) is 2.29. The van der Waals surface area contributed by atoms with Crippen LogP contribution in [0.15, 0.2) is 18.2 Å². The molecule has 18 heavy (non-hydrogen) atoms. The number of carboxylic acids is 1. The zero-order valence-corrected chi connectivity index (χ0v) is 10.7. The minimum atomic E-state index is -0.906. The van der Waals surface area contributed by atoms with Crippen LogP contribution in [0, 0.1) is 17.0 Å². The molecule has 0 saturated heterocycles. The minimum absolute atomic E-state index is 0.415. The molecular formula is C13H17F2NO2. The molecule has 0 amide bonds. The molecule has 0 bridgehead atoms. The first-order valence-corrected chi connectivity index (χ1v) is 5.63. The number of rotatable bonds is 5. The van der Waals surface area contributed by atoms with Gasteiger partial charge in [-0.15, -0.1) is 0 Å². The molecule has 0 radical (unpaired) electrons. The second kappa shape index (κ2) is 5.33. The van der Waals surface area contributed by atoms with Crippen LogP contribution in [0.4, 0.5) is 14.5 Å². The Balaban J connectivity index is 2.68. The van der Waals surface area contributed by atoms with E-state index < -0.39 is 23.0 Å². The SMILES string of the molecule is CN(CCC(C)(C)C(=O)O)c1ccc(F)c(F)c1. The molecule has 0 aliphatic carbocycles. The highest BCUT2D eigenvalue weighted by molar-refractivity contribution is 5.73. The van der Waals surface area contributed by atoms with Crippen molar-refractivity contribution in [2.75, 3.05) is 18.5 Å². The fourth-order valence-electron chi connectivity index (χ4n) is 1.41. The number of carboxylic acid groups (broad SMARTS) is 1. The zero-order chi connectivity index (χ0) is 13.9. The summed E-state index contributed by atoms with van der Waals surface area (Å²) in [6.07, 6.45) is 0.415. The van der Waals surface area contributed by atoms with E-state index >= 15 is 0 Å². The topological polar surface area (TPSA) is 40.5 Å². The third-order valence-electron chi connectivity index (χ3n) is 3.00. The molecule has 0 aliphatic heterocycles. The lowest BCUT2D eigenvalue weighted by Crippen LogP contribution is -2.30. The summed E-state index contributed by atoms with van der Waals surface area (Å²) < 4.78 is 25.8. The third kappa shape index (κ3) is 3.42. The quantitative estimate of drug-likeness (QED) is 0.881. The molecule has 0 saturated carbocycles. The first-order chi connectivity index (χ1) is 8.24. The van der Waals surface area contributed by atoms with Gasteiger partial charge in [0.15, 0.2) is 11.6 Å². The molecule has 0 heterocycles. The standard InChI is InChI=1S/C13H17F2NO2/c1-13(2,12(17)18)6-7-16(3)9-4-5-10(14)11(15)8-9/h4-5,8H,6-7H2,1-3H3,(H,17,18). The van der Waals surface area contributed by atoms with E-state index in [0.717, 1.165) is 12.1 Å². The molecule has 5 heteroatoms. The number of hydrogen-bond donors (Lipinski definition) is 1. The second-order valence-electron chi connectivity index (χ2n) is 4.96. The molecular weight excluding hydrogens is 240 g/mol. The Kier molecular flexibility index (Phi) is 4.27. The van der Waals surface area contributed by atoms with Gasteiger partial charge < -0.3 is 10.0 Å². The molecule has 1 N–H and O–H groups in total. The van der Waals surface area contributed by atoms with E-state index in [0.29, 0.717) is 18.7 Å². The van der Waals surface area contributed by atoms with Gasteiger partial charge in [-0.3, -0.25) is 4.79 Å². The van der Waals surface area contributed by atoms with Gasteiger partial charge >= 0.3 is 5.97 Å². The molecule has 1 aromatic carbocycles. The predicted octanol–water partition coefficient (Wildman–Crippen LogP) is 2.90. The molecule has 1 aromatic rings. The Morgan fingerprint density at radius 3 is 2.44 bits per heavy atom. The number of halogens is 2. The number of hydrogen-bond acceptors (Lipinski definition) is 2. The van der Waals surface area contributed by atoms with Gasteiger partial charge in [0.1, 0.15) is 0 Å². The number of benzene rings is 1. The molecule has 1 rings (SSSR count). The van der Waals surface area contributed by atoms with E-state index in [-0.39, 0.29) is 0 Å². The molecule has 0 unspecified atom stereocenters. The van der Waals surface area contributed by atoms with Crippen LogP contribution >= 0.6 is 0 Å². The van der Waals surface area contributed by atoms with E-state index in [1.165, 1.54) is 6.07 Å². The van der Waals surface area contributed by atoms with E-state index in [1.807, 2.05) is 0 Å². The van der Waals surface area contributed by atoms with E-state index in [2.05, 4.69) is 0 Å². The first-order valence-electron chi connectivity index (χ1n) is 5.63. The van der Waals surface area contributed by atoms with Gasteiger partial charge in [-0.2, -0.15) is 0 Å². The monoisotopic (exact) mass is 257 g/mol. The number of carbonyl (C=O) groups is 1. The van der Waals surface area contributed by atoms with Gasteiger partial charge in [0.2, 0.25) is 0 Å². The molecule has 3 nitrogen and oxygen atoms in total. The van der Waals surface area contributed by atoms with Crippen LogP contribution in [-0.2, 0) is 4.79 Å². The van der Waals surface area contributed by atoms with Gasteiger partial charge in [0.05, 0.1) is 5.41 Å². The van der Waals surface area contributed by atoms with Crippen LogP contribution in [0.1, 0.15) is 20.3 Å². The Labute approximate surface area is 105 Å². The lowest BCUT2D eigenvalue weighted by Gasteiger charge is -2.25. The lowest BCUT2D eigenvalue weighted by atomic mass is 9.89. The predicted molar refractivity (Wildman–Crippen MR) is 65.7 cm³/mol. The maximum Gasteiger partial charge on any atom is 0.309 e. The molecule has 0 fully saturated rings. The van der Waals surface area contributed by atoms with Gasteiger partial charge in [0, 0.05) is 25.3 Å². The Hall–Kier alpha value is -1.65. The summed E-state index contributed by atoms with van der Waals surface area (Å²) in [6.45, 7) is 3.72. The van der Waals surface area contributed by atoms with E-state index in [1.54, 1.807) is 25.8 Å². The van der Waals surface area contributed by atoms with Gasteiger partial charge in [0.25, 0.3) is 0 Å². The van der Waals surface area contributed by atoms with Crippen molar-refractivity contribution in [3.63, 3.8) is 0 Å². The Bertz CT molecular complexity index is 447. The zero-order valence-electron chi connectivity index (χ0n) is 10.7. The van der Waals surface area contributed by atoms with Crippen LogP contribution in [0.25, 0.3) is 0 Å². The maximum absolute atomic E-state index is 13.0. The van der Waals surface area contributed by atoms with Crippen molar-refractivity contribution in [2.24, 2.45) is 5.41 Å². The first kappa shape index (κ1) is 14.4. The highest BCUT2D eigenvalue weighted by Crippen LogP contribution is 2.23. The summed E-state index contributed by atoms with van der Waals surface area (Å²) in [5.41, 5.74) is -0.317. The fraction of sp³-hybridized carbons (Fsp3) is 0.462. The fourth-order valence-corrected chi connectivity index (χ4v) is 1.41. The van der Waals surface area contributed by atoms with Crippen molar-refractivity contribution in [3.8, 4) is 0 Å². The Morgan fingerprint density at radius 1 is 1.33 bits per heavy atom. The number of anilines is 1. The number of nitrogens with zero attached hydrogens (tertiary/aromatic N) is 1. The number of aliphatic carboxylic acids is 1. The summed E-state index contributed by atoms with van der Waals surface area (Å²) in [6, 6.07) is 3.62. The van der Waals surface area contributed by atoms with E-state index in [4.69, 9.17) is 5.11 Å². The highest BCUT2D eigenvalue weighted by Gasteiger charge is 2.27. The largest absolute Gasteiger partial charge is 0.481 e. The smallest absolute Gasteiger partial charge is 0.309 e. The normalized spacial score (nSPS) is 11.4. The van der Waals surface area contributed by atoms with Crippen molar-refractivity contribution in [2.45, 2.75) is 20.3 Å². The summed E-state index contributed by atoms with van der Waals surface area (Å²) in [5, 5.41) is 8.98. The van der Waals surface area contributed by atoms with Crippen molar-refractivity contribution < 1.29 is 18.7 Å². The second-order valence-corrected chi connectivity index (χ2v) is 4.96. The van der Waals surface area contributed by atoms with Crippen LogP contribution in [0.3, 0.4) is 0 Å². The van der Waals surface area contributed by atoms with Crippen molar-refractivity contribution in [1.29, 1.82) is 0 Å². The maximum atomic E-state index is 13.0. The van der Waals surface area contributed by atoms with Gasteiger partial charge in [-0.1, -0.05) is 0 Å².